The fraction of sp³-hybridized carbons (Fsp3) is 0.367. The number of hydrogen-bond acceptors (Lipinski definition) is 4. The van der Waals surface area contributed by atoms with Crippen molar-refractivity contribution in [2.45, 2.75) is 39.7 Å². The fourth-order valence-corrected chi connectivity index (χ4v) is 4.68. The number of anilines is 1. The summed E-state index contributed by atoms with van der Waals surface area (Å²) < 4.78 is 20.4. The third-order valence-electron chi connectivity index (χ3n) is 6.81. The number of pyridine rings is 1. The molecular formula is C30H35FN2O2. The summed E-state index contributed by atoms with van der Waals surface area (Å²) in [5.41, 5.74) is 6.15. The van der Waals surface area contributed by atoms with Crippen LogP contribution < -0.4 is 4.90 Å². The maximum absolute atomic E-state index is 14.8. The Kier molecular flexibility index (Phi) is 8.32. The molecule has 2 aromatic carbocycles. The van der Waals surface area contributed by atoms with Gasteiger partial charge in [-0.2, -0.15) is 0 Å². The molecule has 4 rings (SSSR count). The number of ether oxygens (including phenoxy) is 1. The van der Waals surface area contributed by atoms with Crippen LogP contribution in [0.1, 0.15) is 37.9 Å². The Morgan fingerprint density at radius 1 is 1.03 bits per heavy atom. The molecule has 1 aromatic heterocycles. The summed E-state index contributed by atoms with van der Waals surface area (Å²) in [5.74, 6) is 0.0863. The zero-order valence-corrected chi connectivity index (χ0v) is 20.9. The van der Waals surface area contributed by atoms with E-state index in [1.54, 1.807) is 6.07 Å². The molecule has 0 radical (unpaired) electrons. The SMILES string of the molecule is CCN(CC)c1ccc(-c2ccc(-c3nc(/C=C/CC4COC(CO)C4)c(C)cc3F)cc2)cc1. The summed E-state index contributed by atoms with van der Waals surface area (Å²) in [6.07, 6.45) is 5.72. The van der Waals surface area contributed by atoms with Gasteiger partial charge in [0.05, 0.1) is 25.0 Å². The van der Waals surface area contributed by atoms with E-state index < -0.39 is 0 Å². The molecule has 2 unspecified atom stereocenters. The molecule has 0 aliphatic carbocycles. The van der Waals surface area contributed by atoms with Gasteiger partial charge in [-0.1, -0.05) is 42.5 Å². The minimum Gasteiger partial charge on any atom is -0.394 e. The second-order valence-electron chi connectivity index (χ2n) is 9.20. The number of hydrogen-bond donors (Lipinski definition) is 1. The average Bonchev–Trinajstić information content (AvgIpc) is 3.35. The van der Waals surface area contributed by atoms with Crippen LogP contribution in [0.4, 0.5) is 10.1 Å². The van der Waals surface area contributed by atoms with Crippen LogP contribution in [0, 0.1) is 18.7 Å². The monoisotopic (exact) mass is 474 g/mol. The van der Waals surface area contributed by atoms with Crippen molar-refractivity contribution in [3.8, 4) is 22.4 Å². The van der Waals surface area contributed by atoms with E-state index in [1.807, 2.05) is 37.3 Å². The molecule has 0 bridgehead atoms. The van der Waals surface area contributed by atoms with E-state index in [9.17, 15) is 9.50 Å². The predicted octanol–water partition coefficient (Wildman–Crippen LogP) is 6.51. The smallest absolute Gasteiger partial charge is 0.149 e. The molecule has 0 saturated carbocycles. The van der Waals surface area contributed by atoms with E-state index >= 15 is 0 Å². The van der Waals surface area contributed by atoms with Gasteiger partial charge in [-0.15, -0.1) is 0 Å². The lowest BCUT2D eigenvalue weighted by atomic mass is 10.0. The summed E-state index contributed by atoms with van der Waals surface area (Å²) in [7, 11) is 0. The van der Waals surface area contributed by atoms with Crippen LogP contribution in [-0.2, 0) is 4.74 Å². The highest BCUT2D eigenvalue weighted by molar-refractivity contribution is 5.71. The Morgan fingerprint density at radius 3 is 2.26 bits per heavy atom. The molecule has 1 saturated heterocycles. The number of aliphatic hydroxyl groups is 1. The van der Waals surface area contributed by atoms with Gasteiger partial charge in [0.25, 0.3) is 0 Å². The largest absolute Gasteiger partial charge is 0.394 e. The van der Waals surface area contributed by atoms with Gasteiger partial charge in [0.15, 0.2) is 0 Å². The van der Waals surface area contributed by atoms with Gasteiger partial charge in [0.2, 0.25) is 0 Å². The molecule has 3 aromatic rings. The number of halogens is 1. The van der Waals surface area contributed by atoms with Gasteiger partial charge in [0, 0.05) is 24.3 Å². The lowest BCUT2D eigenvalue weighted by molar-refractivity contribution is 0.0573. The second kappa shape index (κ2) is 11.6. The zero-order valence-electron chi connectivity index (χ0n) is 20.9. The Labute approximate surface area is 208 Å². The topological polar surface area (TPSA) is 45.6 Å². The number of aryl methyl sites for hydroxylation is 1. The molecular weight excluding hydrogens is 439 g/mol. The minimum atomic E-state index is -0.314. The van der Waals surface area contributed by atoms with Crippen molar-refractivity contribution in [1.82, 2.24) is 4.98 Å². The van der Waals surface area contributed by atoms with Crippen LogP contribution in [-0.4, -0.2) is 42.5 Å². The van der Waals surface area contributed by atoms with Crippen molar-refractivity contribution in [2.24, 2.45) is 5.92 Å². The Balaban J connectivity index is 1.49. The molecule has 1 aliphatic heterocycles. The standard InChI is InChI=1S/C30H35FN2O2/c1-4-33(5-2)26-15-13-24(14-16-26)23-9-11-25(12-10-23)30-28(31)17-21(3)29(32-30)8-6-7-22-18-27(19-34)35-20-22/h6,8-17,22,27,34H,4-5,7,18-20H2,1-3H3/b8-6+. The first-order valence-electron chi connectivity index (χ1n) is 12.5. The molecule has 0 amide bonds. The van der Waals surface area contributed by atoms with Gasteiger partial charge < -0.3 is 14.7 Å². The summed E-state index contributed by atoms with van der Waals surface area (Å²) in [6.45, 7) is 8.90. The van der Waals surface area contributed by atoms with Crippen molar-refractivity contribution in [3.63, 3.8) is 0 Å². The predicted molar refractivity (Wildman–Crippen MR) is 142 cm³/mol. The maximum atomic E-state index is 14.8. The lowest BCUT2D eigenvalue weighted by Crippen LogP contribution is -2.21. The molecule has 1 N–H and O–H groups in total. The van der Waals surface area contributed by atoms with Crippen LogP contribution >= 0.6 is 0 Å². The number of allylic oxidation sites excluding steroid dienone is 1. The third-order valence-corrected chi connectivity index (χ3v) is 6.81. The van der Waals surface area contributed by atoms with E-state index in [1.165, 1.54) is 5.69 Å². The highest BCUT2D eigenvalue weighted by Crippen LogP contribution is 2.29. The quantitative estimate of drug-likeness (QED) is 0.384. The van der Waals surface area contributed by atoms with Gasteiger partial charge in [-0.3, -0.25) is 0 Å². The first-order chi connectivity index (χ1) is 17.0. The van der Waals surface area contributed by atoms with E-state index in [2.05, 4.69) is 54.1 Å². The van der Waals surface area contributed by atoms with Crippen LogP contribution in [0.25, 0.3) is 28.5 Å². The molecule has 2 heterocycles. The highest BCUT2D eigenvalue weighted by Gasteiger charge is 2.23. The molecule has 35 heavy (non-hydrogen) atoms. The molecule has 2 atom stereocenters. The molecule has 184 valence electrons. The number of aliphatic hydroxyl groups excluding tert-OH is 1. The first kappa shape index (κ1) is 25.1. The van der Waals surface area contributed by atoms with Crippen molar-refractivity contribution >= 4 is 11.8 Å². The Bertz CT molecular complexity index is 1140. The van der Waals surface area contributed by atoms with Crippen molar-refractivity contribution in [1.29, 1.82) is 0 Å². The van der Waals surface area contributed by atoms with Crippen molar-refractivity contribution < 1.29 is 14.2 Å². The molecule has 5 heteroatoms. The van der Waals surface area contributed by atoms with Gasteiger partial charge in [-0.25, -0.2) is 9.37 Å². The fourth-order valence-electron chi connectivity index (χ4n) is 4.68. The maximum Gasteiger partial charge on any atom is 0.149 e. The van der Waals surface area contributed by atoms with Crippen LogP contribution in [0.15, 0.2) is 60.7 Å². The Hall–Kier alpha value is -3.02. The molecule has 0 spiro atoms. The highest BCUT2D eigenvalue weighted by atomic mass is 19.1. The van der Waals surface area contributed by atoms with Crippen LogP contribution in [0.5, 0.6) is 0 Å². The van der Waals surface area contributed by atoms with Crippen molar-refractivity contribution in [2.75, 3.05) is 31.2 Å². The van der Waals surface area contributed by atoms with E-state index in [-0.39, 0.29) is 18.5 Å². The summed E-state index contributed by atoms with van der Waals surface area (Å²) in [6, 6.07) is 18.0. The summed E-state index contributed by atoms with van der Waals surface area (Å²) >= 11 is 0. The lowest BCUT2D eigenvalue weighted by Gasteiger charge is -2.21. The van der Waals surface area contributed by atoms with E-state index in [0.717, 1.165) is 53.9 Å². The average molecular weight is 475 g/mol. The molecule has 1 aliphatic rings. The normalized spacial score (nSPS) is 17.9. The second-order valence-corrected chi connectivity index (χ2v) is 9.20. The van der Waals surface area contributed by atoms with Crippen LogP contribution in [0.2, 0.25) is 0 Å². The third kappa shape index (κ3) is 5.98. The van der Waals surface area contributed by atoms with Gasteiger partial charge in [0.1, 0.15) is 11.5 Å². The number of aromatic nitrogens is 1. The van der Waals surface area contributed by atoms with Crippen LogP contribution in [0.3, 0.4) is 0 Å². The molecule has 4 nitrogen and oxygen atoms in total. The zero-order chi connectivity index (χ0) is 24.8. The van der Waals surface area contributed by atoms with E-state index in [0.29, 0.717) is 18.2 Å². The summed E-state index contributed by atoms with van der Waals surface area (Å²) in [4.78, 5) is 6.97. The minimum absolute atomic E-state index is 0.0473. The number of rotatable bonds is 9. The van der Waals surface area contributed by atoms with Crippen molar-refractivity contribution in [3.05, 3.63) is 77.7 Å². The summed E-state index contributed by atoms with van der Waals surface area (Å²) in [5, 5.41) is 9.23. The van der Waals surface area contributed by atoms with Gasteiger partial charge in [-0.05, 0) is 80.5 Å². The number of nitrogens with zero attached hydrogens (tertiary/aromatic N) is 2. The van der Waals surface area contributed by atoms with Gasteiger partial charge >= 0.3 is 0 Å². The number of benzene rings is 2. The van der Waals surface area contributed by atoms with E-state index in [4.69, 9.17) is 4.74 Å². The Morgan fingerprint density at radius 2 is 1.66 bits per heavy atom. The first-order valence-corrected chi connectivity index (χ1v) is 12.5. The molecule has 1 fully saturated rings.